The summed E-state index contributed by atoms with van der Waals surface area (Å²) in [6.07, 6.45) is 0. The van der Waals surface area contributed by atoms with Crippen LogP contribution in [0.2, 0.25) is 0 Å². The van der Waals surface area contributed by atoms with Crippen molar-refractivity contribution in [1.29, 1.82) is 0 Å². The summed E-state index contributed by atoms with van der Waals surface area (Å²) in [7, 11) is 0. The molecule has 2 N–H and O–H groups in total. The molecule has 2 heteroatoms. The highest BCUT2D eigenvalue weighted by Crippen LogP contribution is 2.34. The highest BCUT2D eigenvalue weighted by atomic mass is 16.3. The van der Waals surface area contributed by atoms with Crippen LogP contribution in [0, 0.1) is 17.3 Å². The molecule has 0 aliphatic heterocycles. The summed E-state index contributed by atoms with van der Waals surface area (Å²) in [5.74, 6) is 0.634. The SMILES string of the molecule is CC(C)C(CO)(CO)C(C)C. The highest BCUT2D eigenvalue weighted by Gasteiger charge is 2.35. The van der Waals surface area contributed by atoms with Crippen molar-refractivity contribution in [2.24, 2.45) is 17.3 Å². The van der Waals surface area contributed by atoms with Crippen molar-refractivity contribution in [3.63, 3.8) is 0 Å². The molecule has 0 heterocycles. The summed E-state index contributed by atoms with van der Waals surface area (Å²) in [4.78, 5) is 0. The van der Waals surface area contributed by atoms with Gasteiger partial charge in [-0.25, -0.2) is 0 Å². The molecular formula is C9H20O2. The third-order valence-electron chi connectivity index (χ3n) is 2.89. The molecule has 0 amide bonds. The molecule has 0 unspecified atom stereocenters. The van der Waals surface area contributed by atoms with Crippen LogP contribution in [0.15, 0.2) is 0 Å². The van der Waals surface area contributed by atoms with Gasteiger partial charge in [0, 0.05) is 5.41 Å². The van der Waals surface area contributed by atoms with Gasteiger partial charge in [0.2, 0.25) is 0 Å². The normalized spacial score (nSPS) is 13.1. The molecule has 0 aromatic rings. The predicted molar refractivity (Wildman–Crippen MR) is 46.3 cm³/mol. The lowest BCUT2D eigenvalue weighted by molar-refractivity contribution is -0.0216. The van der Waals surface area contributed by atoms with Crippen molar-refractivity contribution in [2.75, 3.05) is 13.2 Å². The van der Waals surface area contributed by atoms with Crippen molar-refractivity contribution >= 4 is 0 Å². The Balaban J connectivity index is 4.46. The van der Waals surface area contributed by atoms with Crippen LogP contribution in [0.4, 0.5) is 0 Å². The molecule has 2 nitrogen and oxygen atoms in total. The number of hydrogen-bond donors (Lipinski definition) is 2. The molecule has 0 fully saturated rings. The summed E-state index contributed by atoms with van der Waals surface area (Å²) >= 11 is 0. The quantitative estimate of drug-likeness (QED) is 0.650. The Labute approximate surface area is 69.2 Å². The van der Waals surface area contributed by atoms with E-state index in [2.05, 4.69) is 0 Å². The van der Waals surface area contributed by atoms with Gasteiger partial charge in [-0.1, -0.05) is 27.7 Å². The lowest BCUT2D eigenvalue weighted by Crippen LogP contribution is -2.40. The fourth-order valence-corrected chi connectivity index (χ4v) is 1.45. The van der Waals surface area contributed by atoms with E-state index >= 15 is 0 Å². The number of aliphatic hydroxyl groups is 2. The minimum Gasteiger partial charge on any atom is -0.396 e. The van der Waals surface area contributed by atoms with E-state index in [0.717, 1.165) is 0 Å². The molecule has 0 saturated heterocycles. The van der Waals surface area contributed by atoms with Gasteiger partial charge in [-0.2, -0.15) is 0 Å². The van der Waals surface area contributed by atoms with Crippen molar-refractivity contribution < 1.29 is 10.2 Å². The van der Waals surface area contributed by atoms with Gasteiger partial charge in [0.05, 0.1) is 13.2 Å². The van der Waals surface area contributed by atoms with Crippen LogP contribution in [0.1, 0.15) is 27.7 Å². The largest absolute Gasteiger partial charge is 0.396 e. The molecule has 0 atom stereocenters. The van der Waals surface area contributed by atoms with Crippen LogP contribution < -0.4 is 0 Å². The fourth-order valence-electron chi connectivity index (χ4n) is 1.45. The Morgan fingerprint density at radius 3 is 1.18 bits per heavy atom. The van der Waals surface area contributed by atoms with Crippen LogP contribution >= 0.6 is 0 Å². The minimum atomic E-state index is -0.306. The standard InChI is InChI=1S/C9H20O2/c1-7(2)9(5-10,6-11)8(3)4/h7-8,10-11H,5-6H2,1-4H3. The van der Waals surface area contributed by atoms with Crippen molar-refractivity contribution in [2.45, 2.75) is 27.7 Å². The van der Waals surface area contributed by atoms with Crippen molar-refractivity contribution in [3.8, 4) is 0 Å². The first kappa shape index (κ1) is 10.9. The molecule has 0 aromatic heterocycles. The Morgan fingerprint density at radius 1 is 0.909 bits per heavy atom. The number of rotatable bonds is 4. The zero-order valence-electron chi connectivity index (χ0n) is 7.96. The van der Waals surface area contributed by atoms with Gasteiger partial charge < -0.3 is 10.2 Å². The van der Waals surface area contributed by atoms with E-state index < -0.39 is 0 Å². The highest BCUT2D eigenvalue weighted by molar-refractivity contribution is 4.83. The van der Waals surface area contributed by atoms with Crippen LogP contribution in [0.3, 0.4) is 0 Å². The third-order valence-corrected chi connectivity index (χ3v) is 2.89. The first-order chi connectivity index (χ1) is 5.01. The summed E-state index contributed by atoms with van der Waals surface area (Å²) in [6, 6.07) is 0. The maximum Gasteiger partial charge on any atom is 0.0514 e. The topological polar surface area (TPSA) is 40.5 Å². The fraction of sp³-hybridized carbons (Fsp3) is 1.00. The van der Waals surface area contributed by atoms with E-state index in [1.807, 2.05) is 27.7 Å². The zero-order valence-corrected chi connectivity index (χ0v) is 7.96. The van der Waals surface area contributed by atoms with Gasteiger partial charge in [0.25, 0.3) is 0 Å². The molecule has 11 heavy (non-hydrogen) atoms. The Bertz CT molecular complexity index is 94.1. The second-order valence-electron chi connectivity index (χ2n) is 3.86. The number of aliphatic hydroxyl groups excluding tert-OH is 2. The van der Waals surface area contributed by atoms with Gasteiger partial charge in [-0.15, -0.1) is 0 Å². The van der Waals surface area contributed by atoms with E-state index in [4.69, 9.17) is 10.2 Å². The maximum atomic E-state index is 9.16. The maximum absolute atomic E-state index is 9.16. The van der Waals surface area contributed by atoms with E-state index in [1.165, 1.54) is 0 Å². The second kappa shape index (κ2) is 4.07. The molecule has 0 radical (unpaired) electrons. The summed E-state index contributed by atoms with van der Waals surface area (Å²) < 4.78 is 0. The molecule has 0 aliphatic carbocycles. The minimum absolute atomic E-state index is 0.0683. The average Bonchev–Trinajstić information content (AvgIpc) is 1.90. The molecule has 0 rings (SSSR count). The van der Waals surface area contributed by atoms with Crippen LogP contribution in [-0.2, 0) is 0 Å². The van der Waals surface area contributed by atoms with Crippen LogP contribution in [0.25, 0.3) is 0 Å². The summed E-state index contributed by atoms with van der Waals surface area (Å²) in [5, 5.41) is 18.3. The molecule has 0 aromatic carbocycles. The van der Waals surface area contributed by atoms with Gasteiger partial charge in [-0.3, -0.25) is 0 Å². The lowest BCUT2D eigenvalue weighted by atomic mass is 9.70. The zero-order chi connectivity index (χ0) is 9.07. The Kier molecular flexibility index (Phi) is 4.04. The first-order valence-electron chi connectivity index (χ1n) is 4.23. The lowest BCUT2D eigenvalue weighted by Gasteiger charge is -2.37. The third kappa shape index (κ3) is 1.94. The monoisotopic (exact) mass is 160 g/mol. The smallest absolute Gasteiger partial charge is 0.0514 e. The molecule has 0 saturated carbocycles. The number of hydrogen-bond acceptors (Lipinski definition) is 2. The molecule has 68 valence electrons. The molecule has 0 bridgehead atoms. The van der Waals surface area contributed by atoms with Crippen molar-refractivity contribution in [1.82, 2.24) is 0 Å². The first-order valence-corrected chi connectivity index (χ1v) is 4.23. The van der Waals surface area contributed by atoms with Gasteiger partial charge in [0.15, 0.2) is 0 Å². The molecular weight excluding hydrogens is 140 g/mol. The van der Waals surface area contributed by atoms with Gasteiger partial charge in [-0.05, 0) is 11.8 Å². The second-order valence-corrected chi connectivity index (χ2v) is 3.86. The Morgan fingerprint density at radius 2 is 1.18 bits per heavy atom. The van der Waals surface area contributed by atoms with E-state index in [-0.39, 0.29) is 18.6 Å². The van der Waals surface area contributed by atoms with E-state index in [1.54, 1.807) is 0 Å². The summed E-state index contributed by atoms with van der Waals surface area (Å²) in [6.45, 7) is 8.27. The molecule has 0 spiro atoms. The molecule has 0 aliphatic rings. The average molecular weight is 160 g/mol. The van der Waals surface area contributed by atoms with Crippen LogP contribution in [0.5, 0.6) is 0 Å². The van der Waals surface area contributed by atoms with E-state index in [0.29, 0.717) is 11.8 Å². The van der Waals surface area contributed by atoms with E-state index in [9.17, 15) is 0 Å². The predicted octanol–water partition coefficient (Wildman–Crippen LogP) is 1.27. The van der Waals surface area contributed by atoms with Gasteiger partial charge in [0.1, 0.15) is 0 Å². The van der Waals surface area contributed by atoms with Crippen LogP contribution in [-0.4, -0.2) is 23.4 Å². The van der Waals surface area contributed by atoms with Crippen molar-refractivity contribution in [3.05, 3.63) is 0 Å². The van der Waals surface area contributed by atoms with Gasteiger partial charge >= 0.3 is 0 Å². The Hall–Kier alpha value is -0.0800. The summed E-state index contributed by atoms with van der Waals surface area (Å²) in [5.41, 5.74) is -0.306.